The van der Waals surface area contributed by atoms with Crippen molar-refractivity contribution in [3.8, 4) is 0 Å². The number of aromatic nitrogens is 4. The summed E-state index contributed by atoms with van der Waals surface area (Å²) >= 11 is 0. The molecule has 0 radical (unpaired) electrons. The van der Waals surface area contributed by atoms with Crippen molar-refractivity contribution in [2.75, 3.05) is 13.1 Å². The number of hydrogen-bond donors (Lipinski definition) is 1. The Hall–Kier alpha value is -2.25. The highest BCUT2D eigenvalue weighted by atomic mass is 16.5. The summed E-state index contributed by atoms with van der Waals surface area (Å²) in [6.45, 7) is 5.67. The van der Waals surface area contributed by atoms with Crippen molar-refractivity contribution >= 4 is 5.65 Å². The van der Waals surface area contributed by atoms with E-state index in [1.54, 1.807) is 0 Å². The van der Waals surface area contributed by atoms with Gasteiger partial charge < -0.3 is 14.2 Å². The predicted molar refractivity (Wildman–Crippen MR) is 94.0 cm³/mol. The molecule has 3 aromatic heterocycles. The Balaban J connectivity index is 1.31. The fourth-order valence-corrected chi connectivity index (χ4v) is 3.39. The van der Waals surface area contributed by atoms with Gasteiger partial charge in [0, 0.05) is 37.9 Å². The summed E-state index contributed by atoms with van der Waals surface area (Å²) in [6, 6.07) is 6.53. The Kier molecular flexibility index (Phi) is 4.76. The number of imidazole rings is 1. The van der Waals surface area contributed by atoms with Gasteiger partial charge >= 0.3 is 0 Å². The number of rotatable bonds is 6. The SMILES string of the molecule is CCc1nc(CN2CCCC(NCc3cn4ccccc4n3)C2)no1. The fourth-order valence-electron chi connectivity index (χ4n) is 3.39. The van der Waals surface area contributed by atoms with E-state index < -0.39 is 0 Å². The number of likely N-dealkylation sites (tertiary alicyclic amines) is 1. The van der Waals surface area contributed by atoms with E-state index in [2.05, 4.69) is 35.9 Å². The Morgan fingerprint density at radius 1 is 1.32 bits per heavy atom. The van der Waals surface area contributed by atoms with Crippen LogP contribution in [0.15, 0.2) is 35.1 Å². The molecule has 1 unspecified atom stereocenters. The van der Waals surface area contributed by atoms with Crippen LogP contribution in [-0.2, 0) is 19.5 Å². The lowest BCUT2D eigenvalue weighted by atomic mass is 10.1. The molecule has 4 heterocycles. The molecule has 0 spiro atoms. The summed E-state index contributed by atoms with van der Waals surface area (Å²) in [5, 5.41) is 7.71. The smallest absolute Gasteiger partial charge is 0.226 e. The third kappa shape index (κ3) is 3.88. The summed E-state index contributed by atoms with van der Waals surface area (Å²) < 4.78 is 7.26. The van der Waals surface area contributed by atoms with Gasteiger partial charge in [-0.25, -0.2) is 4.98 Å². The van der Waals surface area contributed by atoms with Gasteiger partial charge in [-0.1, -0.05) is 18.1 Å². The maximum absolute atomic E-state index is 5.20. The number of fused-ring (bicyclic) bond motifs is 1. The Labute approximate surface area is 147 Å². The molecule has 132 valence electrons. The minimum Gasteiger partial charge on any atom is -0.339 e. The number of nitrogens with one attached hydrogen (secondary N) is 1. The molecule has 1 saturated heterocycles. The van der Waals surface area contributed by atoms with E-state index in [1.807, 2.05) is 31.3 Å². The number of pyridine rings is 1. The second kappa shape index (κ2) is 7.33. The monoisotopic (exact) mass is 340 g/mol. The lowest BCUT2D eigenvalue weighted by Gasteiger charge is -2.32. The summed E-state index contributed by atoms with van der Waals surface area (Å²) in [4.78, 5) is 11.5. The normalized spacial score (nSPS) is 18.8. The first-order valence-corrected chi connectivity index (χ1v) is 9.00. The van der Waals surface area contributed by atoms with Crippen molar-refractivity contribution in [1.29, 1.82) is 0 Å². The first-order valence-electron chi connectivity index (χ1n) is 9.00. The molecule has 0 saturated carbocycles. The van der Waals surface area contributed by atoms with Crippen LogP contribution in [0.4, 0.5) is 0 Å². The summed E-state index contributed by atoms with van der Waals surface area (Å²) in [6.07, 6.45) is 7.28. The van der Waals surface area contributed by atoms with E-state index in [-0.39, 0.29) is 0 Å². The van der Waals surface area contributed by atoms with Crippen molar-refractivity contribution < 1.29 is 4.52 Å². The summed E-state index contributed by atoms with van der Waals surface area (Å²) in [5.74, 6) is 1.51. The molecule has 25 heavy (non-hydrogen) atoms. The fraction of sp³-hybridized carbons (Fsp3) is 0.500. The van der Waals surface area contributed by atoms with Crippen LogP contribution < -0.4 is 5.32 Å². The van der Waals surface area contributed by atoms with Gasteiger partial charge in [0.1, 0.15) is 5.65 Å². The quantitative estimate of drug-likeness (QED) is 0.740. The maximum atomic E-state index is 5.20. The van der Waals surface area contributed by atoms with E-state index in [9.17, 15) is 0 Å². The van der Waals surface area contributed by atoms with Gasteiger partial charge in [-0.3, -0.25) is 4.90 Å². The van der Waals surface area contributed by atoms with Crippen molar-refractivity contribution in [2.45, 2.75) is 45.3 Å². The standard InChI is InChI=1S/C18H24N6O/c1-2-18-21-16(22-25-18)13-23-8-5-6-14(11-23)19-10-15-12-24-9-4-3-7-17(24)20-15/h3-4,7,9,12,14,19H,2,5-6,8,10-11,13H2,1H3. The molecule has 1 aliphatic heterocycles. The Bertz CT molecular complexity index is 793. The molecule has 1 N–H and O–H groups in total. The summed E-state index contributed by atoms with van der Waals surface area (Å²) in [5.41, 5.74) is 2.07. The van der Waals surface area contributed by atoms with E-state index in [0.717, 1.165) is 49.8 Å². The van der Waals surface area contributed by atoms with E-state index >= 15 is 0 Å². The van der Waals surface area contributed by atoms with Crippen molar-refractivity contribution in [3.05, 3.63) is 48.0 Å². The van der Waals surface area contributed by atoms with Gasteiger partial charge in [0.2, 0.25) is 5.89 Å². The van der Waals surface area contributed by atoms with Crippen LogP contribution in [0, 0.1) is 0 Å². The number of aryl methyl sites for hydroxylation is 1. The first-order chi connectivity index (χ1) is 12.3. The highest BCUT2D eigenvalue weighted by Crippen LogP contribution is 2.14. The lowest BCUT2D eigenvalue weighted by molar-refractivity contribution is 0.177. The minimum absolute atomic E-state index is 0.469. The lowest BCUT2D eigenvalue weighted by Crippen LogP contribution is -2.45. The van der Waals surface area contributed by atoms with E-state index in [4.69, 9.17) is 4.52 Å². The van der Waals surface area contributed by atoms with E-state index in [0.29, 0.717) is 11.9 Å². The molecular formula is C18H24N6O. The number of hydrogen-bond acceptors (Lipinski definition) is 6. The molecule has 0 aliphatic carbocycles. The third-order valence-electron chi connectivity index (χ3n) is 4.67. The Morgan fingerprint density at radius 3 is 3.12 bits per heavy atom. The average Bonchev–Trinajstić information content (AvgIpc) is 3.26. The Morgan fingerprint density at radius 2 is 2.28 bits per heavy atom. The molecule has 4 rings (SSSR count). The van der Waals surface area contributed by atoms with Crippen molar-refractivity contribution in [2.24, 2.45) is 0 Å². The zero-order valence-electron chi connectivity index (χ0n) is 14.6. The topological polar surface area (TPSA) is 71.5 Å². The molecule has 1 atom stereocenters. The van der Waals surface area contributed by atoms with Gasteiger partial charge in [-0.05, 0) is 31.5 Å². The number of nitrogens with zero attached hydrogens (tertiary/aromatic N) is 5. The predicted octanol–water partition coefficient (Wildman–Crippen LogP) is 2.03. The third-order valence-corrected chi connectivity index (χ3v) is 4.67. The van der Waals surface area contributed by atoms with Crippen LogP contribution in [0.3, 0.4) is 0 Å². The van der Waals surface area contributed by atoms with E-state index in [1.165, 1.54) is 12.8 Å². The second-order valence-electron chi connectivity index (χ2n) is 6.61. The molecule has 3 aromatic rings. The van der Waals surface area contributed by atoms with Crippen LogP contribution in [-0.4, -0.2) is 43.6 Å². The molecule has 7 heteroatoms. The van der Waals surface area contributed by atoms with Crippen LogP contribution in [0.5, 0.6) is 0 Å². The average molecular weight is 340 g/mol. The van der Waals surface area contributed by atoms with Crippen LogP contribution in [0.2, 0.25) is 0 Å². The van der Waals surface area contributed by atoms with Gasteiger partial charge in [0.15, 0.2) is 5.82 Å². The molecule has 0 bridgehead atoms. The number of piperidine rings is 1. The largest absolute Gasteiger partial charge is 0.339 e. The zero-order valence-corrected chi connectivity index (χ0v) is 14.6. The maximum Gasteiger partial charge on any atom is 0.226 e. The van der Waals surface area contributed by atoms with Gasteiger partial charge in [0.05, 0.1) is 12.2 Å². The first kappa shape index (κ1) is 16.2. The highest BCUT2D eigenvalue weighted by molar-refractivity contribution is 5.39. The highest BCUT2D eigenvalue weighted by Gasteiger charge is 2.21. The van der Waals surface area contributed by atoms with Gasteiger partial charge in [-0.15, -0.1) is 0 Å². The molecular weight excluding hydrogens is 316 g/mol. The zero-order chi connectivity index (χ0) is 17.1. The molecule has 0 amide bonds. The van der Waals surface area contributed by atoms with Crippen LogP contribution in [0.25, 0.3) is 5.65 Å². The van der Waals surface area contributed by atoms with Crippen molar-refractivity contribution in [3.63, 3.8) is 0 Å². The van der Waals surface area contributed by atoms with Crippen LogP contribution in [0.1, 0.15) is 37.2 Å². The van der Waals surface area contributed by atoms with Crippen LogP contribution >= 0.6 is 0 Å². The summed E-state index contributed by atoms with van der Waals surface area (Å²) in [7, 11) is 0. The molecule has 7 nitrogen and oxygen atoms in total. The van der Waals surface area contributed by atoms with Crippen molar-refractivity contribution in [1.82, 2.24) is 29.7 Å². The van der Waals surface area contributed by atoms with Gasteiger partial charge in [0.25, 0.3) is 0 Å². The van der Waals surface area contributed by atoms with Gasteiger partial charge in [-0.2, -0.15) is 4.98 Å². The molecule has 1 aliphatic rings. The molecule has 0 aromatic carbocycles. The second-order valence-corrected chi connectivity index (χ2v) is 6.61. The molecule has 1 fully saturated rings. The minimum atomic E-state index is 0.469.